The van der Waals surface area contributed by atoms with Gasteiger partial charge in [0.05, 0.1) is 24.1 Å². The third kappa shape index (κ3) is 5.27. The summed E-state index contributed by atoms with van der Waals surface area (Å²) < 4.78 is 46.7. The molecule has 0 N–H and O–H groups in total. The molecule has 5 nitrogen and oxygen atoms in total. The number of halogens is 3. The first kappa shape index (κ1) is 26.2. The Balaban J connectivity index is 1.69. The molecule has 0 saturated carbocycles. The Hall–Kier alpha value is -4.46. The fraction of sp³-hybridized carbons (Fsp3) is 0.194. The monoisotopic (exact) mass is 529 g/mol. The molecule has 0 aliphatic carbocycles. The van der Waals surface area contributed by atoms with E-state index in [4.69, 9.17) is 4.74 Å². The number of esters is 1. The lowest BCUT2D eigenvalue weighted by Gasteiger charge is -2.32. The smallest absolute Gasteiger partial charge is 0.416 e. The molecule has 0 aliphatic rings. The number of hydrogen-bond acceptors (Lipinski definition) is 4. The summed E-state index contributed by atoms with van der Waals surface area (Å²) in [5.74, 6) is -0.392. The van der Waals surface area contributed by atoms with Crippen LogP contribution in [0.4, 0.5) is 13.2 Å². The summed E-state index contributed by atoms with van der Waals surface area (Å²) in [5.41, 5.74) is 2.10. The van der Waals surface area contributed by atoms with Crippen LogP contribution in [0.2, 0.25) is 0 Å². The van der Waals surface area contributed by atoms with Gasteiger partial charge in [-0.3, -0.25) is 4.79 Å². The van der Waals surface area contributed by atoms with Gasteiger partial charge in [-0.1, -0.05) is 72.8 Å². The van der Waals surface area contributed by atoms with Gasteiger partial charge in [0.25, 0.3) is 0 Å². The molecule has 198 valence electrons. The number of aromatic nitrogens is 3. The predicted molar refractivity (Wildman–Crippen MR) is 142 cm³/mol. The van der Waals surface area contributed by atoms with Gasteiger partial charge in [0.1, 0.15) is 5.41 Å². The average molecular weight is 530 g/mol. The summed E-state index contributed by atoms with van der Waals surface area (Å²) in [6.07, 6.45) is -0.579. The highest BCUT2D eigenvalue weighted by Crippen LogP contribution is 2.37. The zero-order chi connectivity index (χ0) is 27.5. The fourth-order valence-corrected chi connectivity index (χ4v) is 4.95. The largest absolute Gasteiger partial charge is 0.465 e. The van der Waals surface area contributed by atoms with Crippen molar-refractivity contribution in [2.24, 2.45) is 0 Å². The molecule has 5 rings (SSSR count). The lowest BCUT2D eigenvalue weighted by atomic mass is 9.73. The van der Waals surface area contributed by atoms with Crippen LogP contribution in [-0.2, 0) is 34.0 Å². The van der Waals surface area contributed by atoms with E-state index in [0.717, 1.165) is 23.3 Å². The second-order valence-corrected chi connectivity index (χ2v) is 9.33. The molecule has 0 bridgehead atoms. The second-order valence-electron chi connectivity index (χ2n) is 9.33. The van der Waals surface area contributed by atoms with Crippen molar-refractivity contribution < 1.29 is 22.7 Å². The molecular weight excluding hydrogens is 503 g/mol. The van der Waals surface area contributed by atoms with E-state index in [9.17, 15) is 18.0 Å². The lowest BCUT2D eigenvalue weighted by Crippen LogP contribution is -2.43. The summed E-state index contributed by atoms with van der Waals surface area (Å²) in [6.45, 7) is 1.97. The van der Waals surface area contributed by atoms with E-state index in [0.29, 0.717) is 35.3 Å². The molecule has 0 aliphatic heterocycles. The molecule has 2 heterocycles. The van der Waals surface area contributed by atoms with Crippen molar-refractivity contribution in [3.63, 3.8) is 0 Å². The Kier molecular flexibility index (Phi) is 7.19. The Labute approximate surface area is 223 Å². The third-order valence-corrected chi connectivity index (χ3v) is 6.78. The quantitative estimate of drug-likeness (QED) is 0.210. The highest BCUT2D eigenvalue weighted by Gasteiger charge is 2.44. The first-order valence-electron chi connectivity index (χ1n) is 12.6. The molecule has 3 aromatic carbocycles. The first-order valence-corrected chi connectivity index (χ1v) is 12.6. The van der Waals surface area contributed by atoms with E-state index in [1.165, 1.54) is 12.1 Å². The van der Waals surface area contributed by atoms with Crippen molar-refractivity contribution >= 4 is 11.6 Å². The van der Waals surface area contributed by atoms with Crippen LogP contribution in [-0.4, -0.2) is 27.2 Å². The molecule has 0 fully saturated rings. The van der Waals surface area contributed by atoms with Crippen molar-refractivity contribution in [3.8, 4) is 11.1 Å². The number of carbonyl (C=O) groups excluding carboxylic acids is 1. The summed E-state index contributed by atoms with van der Waals surface area (Å²) >= 11 is 0. The van der Waals surface area contributed by atoms with E-state index in [-0.39, 0.29) is 6.61 Å². The highest BCUT2D eigenvalue weighted by atomic mass is 19.4. The normalized spacial score (nSPS) is 12.0. The first-order chi connectivity index (χ1) is 18.8. The lowest BCUT2D eigenvalue weighted by molar-refractivity contribution is -0.150. The number of benzene rings is 3. The number of rotatable bonds is 8. The van der Waals surface area contributed by atoms with Gasteiger partial charge in [-0.25, -0.2) is 9.50 Å². The second kappa shape index (κ2) is 10.7. The van der Waals surface area contributed by atoms with Crippen LogP contribution in [0.3, 0.4) is 0 Å². The number of ether oxygens (including phenoxy) is 1. The minimum Gasteiger partial charge on any atom is -0.465 e. The van der Waals surface area contributed by atoms with Crippen molar-refractivity contribution in [1.82, 2.24) is 14.6 Å². The van der Waals surface area contributed by atoms with Crippen LogP contribution in [0.5, 0.6) is 0 Å². The molecule has 0 amide bonds. The highest BCUT2D eigenvalue weighted by molar-refractivity contribution is 5.85. The summed E-state index contributed by atoms with van der Waals surface area (Å²) in [5, 5.41) is 4.58. The standard InChI is InChI=1S/C31H26F3N3O2/c1-2-39-29(38)30(19-22-9-5-3-6-10-22,20-23-11-7-4-8-12-23)27-17-18-35-28-26(21-36-37(27)28)24-13-15-25(16-14-24)31(32,33)34/h3-18,21H,2,19-20H2,1H3. The van der Waals surface area contributed by atoms with Crippen LogP contribution < -0.4 is 0 Å². The van der Waals surface area contributed by atoms with Gasteiger partial charge < -0.3 is 4.74 Å². The number of nitrogens with zero attached hydrogens (tertiary/aromatic N) is 3. The van der Waals surface area contributed by atoms with E-state index >= 15 is 0 Å². The minimum absolute atomic E-state index is 0.203. The summed E-state index contributed by atoms with van der Waals surface area (Å²) in [4.78, 5) is 18.4. The minimum atomic E-state index is -4.43. The van der Waals surface area contributed by atoms with Crippen LogP contribution in [0.25, 0.3) is 16.8 Å². The summed E-state index contributed by atoms with van der Waals surface area (Å²) in [7, 11) is 0. The Morgan fingerprint density at radius 2 is 1.44 bits per heavy atom. The van der Waals surface area contributed by atoms with Crippen LogP contribution >= 0.6 is 0 Å². The van der Waals surface area contributed by atoms with Crippen molar-refractivity contribution in [1.29, 1.82) is 0 Å². The number of alkyl halides is 3. The molecule has 8 heteroatoms. The van der Waals surface area contributed by atoms with E-state index in [1.807, 2.05) is 60.7 Å². The molecule has 0 unspecified atom stereocenters. The van der Waals surface area contributed by atoms with Crippen LogP contribution in [0.15, 0.2) is 103 Å². The van der Waals surface area contributed by atoms with Crippen LogP contribution in [0.1, 0.15) is 29.3 Å². The van der Waals surface area contributed by atoms with Crippen LogP contribution in [0, 0.1) is 0 Å². The van der Waals surface area contributed by atoms with Crippen molar-refractivity contribution in [2.75, 3.05) is 6.61 Å². The molecule has 5 aromatic rings. The molecule has 0 saturated heterocycles. The molecular formula is C31H26F3N3O2. The molecule has 2 aromatic heterocycles. The van der Waals surface area contributed by atoms with Gasteiger partial charge in [0, 0.05) is 11.8 Å². The van der Waals surface area contributed by atoms with Gasteiger partial charge >= 0.3 is 12.1 Å². The van der Waals surface area contributed by atoms with E-state index in [2.05, 4.69) is 10.1 Å². The van der Waals surface area contributed by atoms with E-state index < -0.39 is 23.1 Å². The SMILES string of the molecule is CCOC(=O)C(Cc1ccccc1)(Cc1ccccc1)c1ccnc2c(-c3ccc(C(F)(F)F)cc3)cnn12. The van der Waals surface area contributed by atoms with Gasteiger partial charge in [-0.05, 0) is 54.7 Å². The van der Waals surface area contributed by atoms with Gasteiger partial charge in [0.15, 0.2) is 5.65 Å². The van der Waals surface area contributed by atoms with E-state index in [1.54, 1.807) is 29.9 Å². The molecule has 0 spiro atoms. The average Bonchev–Trinajstić information content (AvgIpc) is 3.38. The Bertz CT molecular complexity index is 1520. The predicted octanol–water partition coefficient (Wildman–Crippen LogP) is 6.70. The maximum atomic E-state index is 13.9. The Morgan fingerprint density at radius 3 is 1.97 bits per heavy atom. The zero-order valence-corrected chi connectivity index (χ0v) is 21.2. The van der Waals surface area contributed by atoms with Crippen molar-refractivity contribution in [3.05, 3.63) is 126 Å². The maximum Gasteiger partial charge on any atom is 0.416 e. The third-order valence-electron chi connectivity index (χ3n) is 6.78. The van der Waals surface area contributed by atoms with Gasteiger partial charge in [-0.15, -0.1) is 0 Å². The topological polar surface area (TPSA) is 56.5 Å². The molecule has 39 heavy (non-hydrogen) atoms. The molecule has 0 atom stereocenters. The zero-order valence-electron chi connectivity index (χ0n) is 21.2. The van der Waals surface area contributed by atoms with Gasteiger partial charge in [-0.2, -0.15) is 18.3 Å². The fourth-order valence-electron chi connectivity index (χ4n) is 4.95. The van der Waals surface area contributed by atoms with Crippen molar-refractivity contribution in [2.45, 2.75) is 31.4 Å². The number of fused-ring (bicyclic) bond motifs is 1. The molecule has 0 radical (unpaired) electrons. The van der Waals surface area contributed by atoms with Gasteiger partial charge in [0.2, 0.25) is 0 Å². The Morgan fingerprint density at radius 1 is 0.846 bits per heavy atom. The number of hydrogen-bond donors (Lipinski definition) is 0. The maximum absolute atomic E-state index is 13.9. The number of carbonyl (C=O) groups is 1. The summed E-state index contributed by atoms with van der Waals surface area (Å²) in [6, 6.07) is 26.0.